The number of amides is 1. The second kappa shape index (κ2) is 8.72. The minimum Gasteiger partial charge on any atom is -0.468 e. The Balaban J connectivity index is 3.00. The van der Waals surface area contributed by atoms with Crippen LogP contribution in [0.1, 0.15) is 40.5 Å². The normalized spacial score (nSPS) is 12.6. The minimum atomic E-state index is -0.613. The van der Waals surface area contributed by atoms with Gasteiger partial charge in [0.1, 0.15) is 11.1 Å². The number of ether oxygens (including phenoxy) is 1. The van der Waals surface area contributed by atoms with Crippen molar-refractivity contribution in [3.05, 3.63) is 23.0 Å². The highest BCUT2D eigenvalue weighted by Gasteiger charge is 2.22. The van der Waals surface area contributed by atoms with Gasteiger partial charge in [-0.2, -0.15) is 0 Å². The number of hydrogen-bond acceptors (Lipinski definition) is 4. The molecule has 1 rings (SSSR count). The van der Waals surface area contributed by atoms with Crippen molar-refractivity contribution >= 4 is 40.9 Å². The average molecular weight is 376 g/mol. The van der Waals surface area contributed by atoms with E-state index < -0.39 is 11.1 Å². The number of anilines is 1. The number of carbonyl (C=O) groups excluding carboxylic acids is 2. The van der Waals surface area contributed by atoms with Gasteiger partial charge in [0, 0.05) is 11.3 Å². The summed E-state index contributed by atoms with van der Waals surface area (Å²) in [6.45, 7) is 7.62. The van der Waals surface area contributed by atoms with E-state index in [1.54, 1.807) is 0 Å². The molecule has 0 heterocycles. The topological polar surface area (TPSA) is 55.4 Å². The lowest BCUT2D eigenvalue weighted by molar-refractivity contribution is -0.140. The molecule has 0 radical (unpaired) electrons. The van der Waals surface area contributed by atoms with Gasteiger partial charge in [-0.25, -0.2) is 4.39 Å². The number of hydrogen-bond donors (Lipinski definition) is 1. The molecule has 0 aliphatic heterocycles. The third-order valence-electron chi connectivity index (χ3n) is 3.09. The summed E-state index contributed by atoms with van der Waals surface area (Å²) in [7, 11) is 1.32. The summed E-state index contributed by atoms with van der Waals surface area (Å²) in [6.07, 6.45) is 0.800. The van der Waals surface area contributed by atoms with Crippen LogP contribution in [0.15, 0.2) is 17.0 Å². The monoisotopic (exact) mass is 375 g/mol. The van der Waals surface area contributed by atoms with E-state index in [1.807, 2.05) is 27.7 Å². The Labute approximate surface area is 151 Å². The molecular weight excluding hydrogens is 353 g/mol. The maximum absolute atomic E-state index is 14.1. The van der Waals surface area contributed by atoms with Gasteiger partial charge in [0.15, 0.2) is 0 Å². The standard InChI is InChI=1S/C17H23ClFNO3S/c1-6-13(16(22)23-5)24-14-8-12(11(19)7-10(14)18)20-15(21)9-17(2,3)4/h7-8,13H,6,9H2,1-5H3,(H,20,21). The molecule has 0 saturated carbocycles. The average Bonchev–Trinajstić information content (AvgIpc) is 2.46. The van der Waals surface area contributed by atoms with Crippen LogP contribution >= 0.6 is 23.4 Å². The molecule has 1 N–H and O–H groups in total. The van der Waals surface area contributed by atoms with Gasteiger partial charge in [-0.15, -0.1) is 11.8 Å². The first kappa shape index (κ1) is 20.8. The lowest BCUT2D eigenvalue weighted by Gasteiger charge is -2.18. The summed E-state index contributed by atoms with van der Waals surface area (Å²) in [5.74, 6) is -1.27. The molecule has 1 amide bonds. The molecule has 7 heteroatoms. The second-order valence-electron chi connectivity index (χ2n) is 6.59. The van der Waals surface area contributed by atoms with Gasteiger partial charge in [0.25, 0.3) is 0 Å². The molecule has 1 unspecified atom stereocenters. The van der Waals surface area contributed by atoms with Crippen LogP contribution in [0.3, 0.4) is 0 Å². The first-order chi connectivity index (χ1) is 11.1. The SMILES string of the molecule is CCC(Sc1cc(NC(=O)CC(C)(C)C)c(F)cc1Cl)C(=O)OC. The van der Waals surface area contributed by atoms with Crippen molar-refractivity contribution in [3.63, 3.8) is 0 Å². The first-order valence-corrected chi connectivity index (χ1v) is 8.86. The van der Waals surface area contributed by atoms with Gasteiger partial charge in [-0.1, -0.05) is 39.3 Å². The highest BCUT2D eigenvalue weighted by Crippen LogP contribution is 2.36. The number of esters is 1. The van der Waals surface area contributed by atoms with Gasteiger partial charge < -0.3 is 10.1 Å². The van der Waals surface area contributed by atoms with E-state index in [4.69, 9.17) is 16.3 Å². The van der Waals surface area contributed by atoms with Crippen molar-refractivity contribution in [3.8, 4) is 0 Å². The van der Waals surface area contributed by atoms with Crippen molar-refractivity contribution < 1.29 is 18.7 Å². The van der Waals surface area contributed by atoms with E-state index >= 15 is 0 Å². The van der Waals surface area contributed by atoms with Gasteiger partial charge in [-0.3, -0.25) is 9.59 Å². The van der Waals surface area contributed by atoms with Crippen LogP contribution in [0, 0.1) is 11.2 Å². The van der Waals surface area contributed by atoms with Crippen LogP contribution < -0.4 is 5.32 Å². The summed E-state index contributed by atoms with van der Waals surface area (Å²) < 4.78 is 18.8. The Bertz CT molecular complexity index is 617. The molecule has 0 bridgehead atoms. The Morgan fingerprint density at radius 2 is 2.00 bits per heavy atom. The fraction of sp³-hybridized carbons (Fsp3) is 0.529. The van der Waals surface area contributed by atoms with Gasteiger partial charge in [0.2, 0.25) is 5.91 Å². The fourth-order valence-electron chi connectivity index (χ4n) is 1.97. The molecule has 0 aromatic heterocycles. The van der Waals surface area contributed by atoms with Crippen molar-refractivity contribution in [1.29, 1.82) is 0 Å². The van der Waals surface area contributed by atoms with Crippen molar-refractivity contribution in [2.75, 3.05) is 12.4 Å². The number of halogens is 2. The lowest BCUT2D eigenvalue weighted by atomic mass is 9.92. The van der Waals surface area contributed by atoms with Crippen LogP contribution in [-0.2, 0) is 14.3 Å². The van der Waals surface area contributed by atoms with Crippen LogP contribution in [0.2, 0.25) is 5.02 Å². The van der Waals surface area contributed by atoms with Gasteiger partial charge >= 0.3 is 5.97 Å². The Hall–Kier alpha value is -1.27. The van der Waals surface area contributed by atoms with E-state index in [-0.39, 0.29) is 34.4 Å². The first-order valence-electron chi connectivity index (χ1n) is 7.60. The Morgan fingerprint density at radius 1 is 1.38 bits per heavy atom. The summed E-state index contributed by atoms with van der Waals surface area (Å²) in [5, 5.41) is 2.31. The number of methoxy groups -OCH3 is 1. The van der Waals surface area contributed by atoms with Crippen molar-refractivity contribution in [2.24, 2.45) is 5.41 Å². The van der Waals surface area contributed by atoms with Gasteiger partial charge in [0.05, 0.1) is 17.8 Å². The number of nitrogens with one attached hydrogen (secondary N) is 1. The lowest BCUT2D eigenvalue weighted by Crippen LogP contribution is -2.20. The molecule has 134 valence electrons. The molecule has 1 atom stereocenters. The zero-order chi connectivity index (χ0) is 18.5. The van der Waals surface area contributed by atoms with Crippen molar-refractivity contribution in [2.45, 2.75) is 50.7 Å². The van der Waals surface area contributed by atoms with E-state index in [0.29, 0.717) is 11.3 Å². The Kier molecular flexibility index (Phi) is 7.55. The summed E-state index contributed by atoms with van der Waals surface area (Å²) in [5.41, 5.74) is -0.154. The highest BCUT2D eigenvalue weighted by atomic mass is 35.5. The zero-order valence-corrected chi connectivity index (χ0v) is 16.1. The highest BCUT2D eigenvalue weighted by molar-refractivity contribution is 8.00. The molecule has 0 saturated heterocycles. The van der Waals surface area contributed by atoms with Crippen LogP contribution in [0.4, 0.5) is 10.1 Å². The Morgan fingerprint density at radius 3 is 2.50 bits per heavy atom. The van der Waals surface area contributed by atoms with E-state index in [9.17, 15) is 14.0 Å². The third kappa shape index (κ3) is 6.32. The zero-order valence-electron chi connectivity index (χ0n) is 14.5. The summed E-state index contributed by atoms with van der Waals surface area (Å²) >= 11 is 7.25. The molecular formula is C17H23ClFNO3S. The predicted octanol–water partition coefficient (Wildman–Crippen LogP) is 4.90. The second-order valence-corrected chi connectivity index (χ2v) is 8.24. The van der Waals surface area contributed by atoms with Gasteiger partial charge in [-0.05, 0) is 24.0 Å². The number of carbonyl (C=O) groups is 2. The number of thioether (sulfide) groups is 1. The van der Waals surface area contributed by atoms with Crippen LogP contribution in [0.25, 0.3) is 0 Å². The third-order valence-corrected chi connectivity index (χ3v) is 4.92. The smallest absolute Gasteiger partial charge is 0.319 e. The minimum absolute atomic E-state index is 0.0517. The van der Waals surface area contributed by atoms with E-state index in [0.717, 1.165) is 6.07 Å². The molecule has 1 aromatic rings. The number of rotatable bonds is 6. The van der Waals surface area contributed by atoms with E-state index in [1.165, 1.54) is 24.9 Å². The maximum Gasteiger partial charge on any atom is 0.319 e. The largest absolute Gasteiger partial charge is 0.468 e. The van der Waals surface area contributed by atoms with Crippen LogP contribution in [0.5, 0.6) is 0 Å². The summed E-state index contributed by atoms with van der Waals surface area (Å²) in [4.78, 5) is 24.2. The van der Waals surface area contributed by atoms with Crippen molar-refractivity contribution in [1.82, 2.24) is 0 Å². The fourth-order valence-corrected chi connectivity index (χ4v) is 3.28. The maximum atomic E-state index is 14.1. The number of benzene rings is 1. The molecule has 24 heavy (non-hydrogen) atoms. The molecule has 1 aromatic carbocycles. The quantitative estimate of drug-likeness (QED) is 0.567. The van der Waals surface area contributed by atoms with Crippen LogP contribution in [-0.4, -0.2) is 24.2 Å². The molecule has 4 nitrogen and oxygen atoms in total. The molecule has 0 fully saturated rings. The molecule has 0 aliphatic rings. The molecule has 0 aliphatic carbocycles. The molecule has 0 spiro atoms. The van der Waals surface area contributed by atoms with E-state index in [2.05, 4.69) is 5.32 Å². The predicted molar refractivity (Wildman–Crippen MR) is 96.1 cm³/mol. The summed E-state index contributed by atoms with van der Waals surface area (Å²) in [6, 6.07) is 2.59.